The first kappa shape index (κ1) is 15.3. The number of urea groups is 1. The number of carbonyl (C=O) groups excluding carboxylic acids is 1. The van der Waals surface area contributed by atoms with Crippen molar-refractivity contribution in [3.63, 3.8) is 0 Å². The van der Waals surface area contributed by atoms with Crippen molar-refractivity contribution in [3.05, 3.63) is 30.2 Å². The summed E-state index contributed by atoms with van der Waals surface area (Å²) >= 11 is 0. The Morgan fingerprint density at radius 3 is 2.74 bits per heavy atom. The van der Waals surface area contributed by atoms with Gasteiger partial charge < -0.3 is 19.1 Å². The second-order valence-electron chi connectivity index (χ2n) is 5.71. The molecule has 0 N–H and O–H groups in total. The van der Waals surface area contributed by atoms with Crippen LogP contribution in [0.2, 0.25) is 0 Å². The zero-order chi connectivity index (χ0) is 16.4. The summed E-state index contributed by atoms with van der Waals surface area (Å²) < 4.78 is 10.6. The molecule has 2 amide bonds. The maximum atomic E-state index is 12.2. The van der Waals surface area contributed by atoms with Crippen LogP contribution in [0.4, 0.5) is 4.79 Å². The third kappa shape index (κ3) is 2.99. The number of hydrogen-bond acceptors (Lipinski definition) is 5. The molecule has 1 aromatic carbocycles. The van der Waals surface area contributed by atoms with Gasteiger partial charge in [-0.25, -0.2) is 4.79 Å². The molecule has 122 valence electrons. The van der Waals surface area contributed by atoms with Gasteiger partial charge in [-0.2, -0.15) is 4.98 Å². The highest BCUT2D eigenvalue weighted by Gasteiger charge is 2.34. The predicted molar refractivity (Wildman–Crippen MR) is 84.1 cm³/mol. The van der Waals surface area contributed by atoms with E-state index in [1.165, 1.54) is 0 Å². The molecular weight excluding hydrogens is 296 g/mol. The van der Waals surface area contributed by atoms with Crippen LogP contribution in [-0.4, -0.2) is 53.7 Å². The summed E-state index contributed by atoms with van der Waals surface area (Å²) in [6.07, 6.45) is 1.77. The monoisotopic (exact) mass is 316 g/mol. The first-order chi connectivity index (χ1) is 11.1. The molecule has 1 saturated heterocycles. The minimum absolute atomic E-state index is 0.0308. The van der Waals surface area contributed by atoms with Gasteiger partial charge in [-0.1, -0.05) is 5.16 Å². The molecule has 2 heterocycles. The van der Waals surface area contributed by atoms with Crippen molar-refractivity contribution in [2.24, 2.45) is 0 Å². The number of likely N-dealkylation sites (tertiary alicyclic amines) is 1. The number of rotatable bonds is 3. The van der Waals surface area contributed by atoms with E-state index in [1.807, 2.05) is 24.3 Å². The Hall–Kier alpha value is -2.57. The van der Waals surface area contributed by atoms with Crippen molar-refractivity contribution in [1.82, 2.24) is 19.9 Å². The van der Waals surface area contributed by atoms with E-state index in [2.05, 4.69) is 10.1 Å². The van der Waals surface area contributed by atoms with Crippen molar-refractivity contribution < 1.29 is 14.1 Å². The van der Waals surface area contributed by atoms with Gasteiger partial charge >= 0.3 is 6.03 Å². The van der Waals surface area contributed by atoms with Crippen LogP contribution in [0.25, 0.3) is 11.4 Å². The Kier molecular flexibility index (Phi) is 4.18. The second kappa shape index (κ2) is 6.28. The van der Waals surface area contributed by atoms with Crippen molar-refractivity contribution in [1.29, 1.82) is 0 Å². The Labute approximate surface area is 134 Å². The molecule has 1 fully saturated rings. The number of methoxy groups -OCH3 is 1. The van der Waals surface area contributed by atoms with Crippen molar-refractivity contribution >= 4 is 6.03 Å². The van der Waals surface area contributed by atoms with Gasteiger partial charge in [-0.15, -0.1) is 0 Å². The Morgan fingerprint density at radius 2 is 2.09 bits per heavy atom. The number of nitrogens with zero attached hydrogens (tertiary/aromatic N) is 4. The number of hydrogen-bond donors (Lipinski definition) is 0. The molecule has 23 heavy (non-hydrogen) atoms. The number of benzene rings is 1. The molecule has 0 bridgehead atoms. The van der Waals surface area contributed by atoms with E-state index < -0.39 is 0 Å². The van der Waals surface area contributed by atoms with Gasteiger partial charge in [0.1, 0.15) is 11.8 Å². The van der Waals surface area contributed by atoms with Crippen LogP contribution in [0.15, 0.2) is 28.8 Å². The number of ether oxygens (including phenoxy) is 1. The molecule has 3 rings (SSSR count). The van der Waals surface area contributed by atoms with Gasteiger partial charge in [0.2, 0.25) is 11.7 Å². The maximum absolute atomic E-state index is 12.2. The van der Waals surface area contributed by atoms with Crippen LogP contribution in [0.1, 0.15) is 24.8 Å². The van der Waals surface area contributed by atoms with Crippen molar-refractivity contribution in [3.8, 4) is 17.1 Å². The van der Waals surface area contributed by atoms with E-state index in [9.17, 15) is 4.79 Å². The van der Waals surface area contributed by atoms with Crippen LogP contribution < -0.4 is 4.74 Å². The Balaban J connectivity index is 1.81. The average Bonchev–Trinajstić information content (AvgIpc) is 3.22. The van der Waals surface area contributed by atoms with E-state index in [0.717, 1.165) is 24.2 Å². The third-order valence-corrected chi connectivity index (χ3v) is 3.96. The summed E-state index contributed by atoms with van der Waals surface area (Å²) in [4.78, 5) is 20.1. The third-order valence-electron chi connectivity index (χ3n) is 3.96. The zero-order valence-corrected chi connectivity index (χ0v) is 13.5. The fourth-order valence-corrected chi connectivity index (χ4v) is 2.74. The summed E-state index contributed by atoms with van der Waals surface area (Å²) in [6.45, 7) is 0.710. The highest BCUT2D eigenvalue weighted by molar-refractivity contribution is 5.74. The fourth-order valence-electron chi connectivity index (χ4n) is 2.74. The summed E-state index contributed by atoms with van der Waals surface area (Å²) in [5.74, 6) is 1.78. The van der Waals surface area contributed by atoms with E-state index in [0.29, 0.717) is 18.3 Å². The summed E-state index contributed by atoms with van der Waals surface area (Å²) in [6, 6.07) is 7.28. The highest BCUT2D eigenvalue weighted by Crippen LogP contribution is 2.32. The zero-order valence-electron chi connectivity index (χ0n) is 13.5. The molecule has 7 nitrogen and oxygen atoms in total. The molecule has 1 aromatic heterocycles. The Morgan fingerprint density at radius 1 is 1.35 bits per heavy atom. The smallest absolute Gasteiger partial charge is 0.320 e. The molecule has 7 heteroatoms. The molecule has 0 radical (unpaired) electrons. The van der Waals surface area contributed by atoms with Gasteiger partial charge in [0.25, 0.3) is 0 Å². The van der Waals surface area contributed by atoms with Crippen LogP contribution in [0.3, 0.4) is 0 Å². The normalized spacial score (nSPS) is 17.3. The van der Waals surface area contributed by atoms with E-state index in [1.54, 1.807) is 31.0 Å². The molecule has 0 saturated carbocycles. The molecule has 1 aliphatic heterocycles. The van der Waals surface area contributed by atoms with Crippen molar-refractivity contribution in [2.45, 2.75) is 18.9 Å². The molecule has 0 aliphatic carbocycles. The molecule has 0 spiro atoms. The fraction of sp³-hybridized carbons (Fsp3) is 0.438. The van der Waals surface area contributed by atoms with Crippen LogP contribution >= 0.6 is 0 Å². The number of carbonyl (C=O) groups is 1. The number of amides is 2. The van der Waals surface area contributed by atoms with Gasteiger partial charge in [0.15, 0.2) is 0 Å². The average molecular weight is 316 g/mol. The predicted octanol–water partition coefficient (Wildman–Crippen LogP) is 2.56. The lowest BCUT2D eigenvalue weighted by Gasteiger charge is -2.25. The summed E-state index contributed by atoms with van der Waals surface area (Å²) in [7, 11) is 5.11. The maximum Gasteiger partial charge on any atom is 0.320 e. The minimum atomic E-state index is -0.149. The quantitative estimate of drug-likeness (QED) is 0.870. The highest BCUT2D eigenvalue weighted by atomic mass is 16.5. The standard InChI is InChI=1S/C16H20N4O3/c1-19(2)16(21)20-10-4-5-13(20)15-17-14(18-23-15)11-6-8-12(22-3)9-7-11/h6-9,13H,4-5,10H2,1-3H3. The molecule has 1 unspecified atom stereocenters. The van der Waals surface area contributed by atoms with E-state index in [-0.39, 0.29) is 12.1 Å². The lowest BCUT2D eigenvalue weighted by molar-refractivity contribution is 0.156. The largest absolute Gasteiger partial charge is 0.497 e. The lowest BCUT2D eigenvalue weighted by atomic mass is 10.2. The minimum Gasteiger partial charge on any atom is -0.497 e. The molecule has 2 aromatic rings. The first-order valence-corrected chi connectivity index (χ1v) is 7.56. The van der Waals surface area contributed by atoms with Crippen LogP contribution in [-0.2, 0) is 0 Å². The first-order valence-electron chi connectivity index (χ1n) is 7.56. The molecule has 1 aliphatic rings. The van der Waals surface area contributed by atoms with Crippen molar-refractivity contribution in [2.75, 3.05) is 27.7 Å². The summed E-state index contributed by atoms with van der Waals surface area (Å²) in [5.41, 5.74) is 0.851. The van der Waals surface area contributed by atoms with E-state index in [4.69, 9.17) is 9.26 Å². The van der Waals surface area contributed by atoms with Crippen LogP contribution in [0, 0.1) is 0 Å². The summed E-state index contributed by atoms with van der Waals surface area (Å²) in [5, 5.41) is 4.05. The Bertz CT molecular complexity index is 681. The molecule has 1 atom stereocenters. The lowest BCUT2D eigenvalue weighted by Crippen LogP contribution is -2.38. The van der Waals surface area contributed by atoms with Gasteiger partial charge in [-0.3, -0.25) is 0 Å². The van der Waals surface area contributed by atoms with Gasteiger partial charge in [0, 0.05) is 26.2 Å². The van der Waals surface area contributed by atoms with E-state index >= 15 is 0 Å². The van der Waals surface area contributed by atoms with Crippen LogP contribution in [0.5, 0.6) is 5.75 Å². The SMILES string of the molecule is COc1ccc(-c2noc(C3CCCN3C(=O)N(C)C)n2)cc1. The van der Waals surface area contributed by atoms with Gasteiger partial charge in [-0.05, 0) is 37.1 Å². The second-order valence-corrected chi connectivity index (χ2v) is 5.71. The number of aromatic nitrogens is 2. The molecular formula is C16H20N4O3. The van der Waals surface area contributed by atoms with Gasteiger partial charge in [0.05, 0.1) is 7.11 Å². The topological polar surface area (TPSA) is 71.7 Å².